The molecule has 1 N–H and O–H groups in total. The number of carbonyl (C=O) groups excluding carboxylic acids is 1. The lowest BCUT2D eigenvalue weighted by molar-refractivity contribution is -0.138. The van der Waals surface area contributed by atoms with E-state index in [9.17, 15) is 14.7 Å². The van der Waals surface area contributed by atoms with Crippen molar-refractivity contribution in [2.45, 2.75) is 45.4 Å². The summed E-state index contributed by atoms with van der Waals surface area (Å²) in [6.07, 6.45) is 3.66. The van der Waals surface area contributed by atoms with Gasteiger partial charge in [-0.05, 0) is 24.5 Å². The number of anilines is 1. The summed E-state index contributed by atoms with van der Waals surface area (Å²) in [5.74, 6) is -1.38. The molecule has 0 spiro atoms. The fourth-order valence-corrected chi connectivity index (χ4v) is 3.14. The molecule has 1 aromatic carbocycles. The number of aliphatic carboxylic acids is 1. The van der Waals surface area contributed by atoms with Gasteiger partial charge in [0.05, 0.1) is 0 Å². The fourth-order valence-electron chi connectivity index (χ4n) is 3.14. The highest BCUT2D eigenvalue weighted by molar-refractivity contribution is 6.00. The van der Waals surface area contributed by atoms with Gasteiger partial charge in [0.2, 0.25) is 5.91 Å². The lowest BCUT2D eigenvalue weighted by atomic mass is 9.96. The summed E-state index contributed by atoms with van der Waals surface area (Å²) in [5, 5.41) is 9.37. The second-order valence-electron chi connectivity index (χ2n) is 5.67. The van der Waals surface area contributed by atoms with Gasteiger partial charge in [-0.2, -0.15) is 0 Å². The Morgan fingerprint density at radius 1 is 1.24 bits per heavy atom. The van der Waals surface area contributed by atoms with E-state index in [0.29, 0.717) is 0 Å². The molecular weight excluding hydrogens is 266 g/mol. The standard InChI is InChI=1S/C17H23NO3/c1-3-7-12(8-4-2)16(19)18-11-14(17(20)21)13-9-5-6-10-15(13)18/h5-6,9-10,12,14H,3-4,7-8,11H2,1-2H3,(H,20,21). The fraction of sp³-hybridized carbons (Fsp3) is 0.529. The van der Waals surface area contributed by atoms with Gasteiger partial charge in [0.25, 0.3) is 0 Å². The number of hydrogen-bond acceptors (Lipinski definition) is 2. The molecule has 4 heteroatoms. The van der Waals surface area contributed by atoms with Gasteiger partial charge in [0.15, 0.2) is 0 Å². The molecule has 4 nitrogen and oxygen atoms in total. The molecule has 1 amide bonds. The molecule has 0 saturated carbocycles. The van der Waals surface area contributed by atoms with Crippen LogP contribution in [0.25, 0.3) is 0 Å². The average molecular weight is 289 g/mol. The zero-order valence-corrected chi connectivity index (χ0v) is 12.7. The van der Waals surface area contributed by atoms with Crippen LogP contribution >= 0.6 is 0 Å². The van der Waals surface area contributed by atoms with Crippen molar-refractivity contribution in [2.75, 3.05) is 11.4 Å². The van der Waals surface area contributed by atoms with E-state index >= 15 is 0 Å². The maximum Gasteiger partial charge on any atom is 0.312 e. The first-order chi connectivity index (χ1) is 10.1. The Morgan fingerprint density at radius 3 is 2.43 bits per heavy atom. The van der Waals surface area contributed by atoms with Crippen LogP contribution in [0.1, 0.15) is 51.0 Å². The summed E-state index contributed by atoms with van der Waals surface area (Å²) in [6, 6.07) is 7.36. The van der Waals surface area contributed by atoms with E-state index in [0.717, 1.165) is 36.9 Å². The molecule has 0 fully saturated rings. The minimum absolute atomic E-state index is 0.000557. The van der Waals surface area contributed by atoms with Gasteiger partial charge in [-0.25, -0.2) is 0 Å². The maximum absolute atomic E-state index is 12.8. The molecular formula is C17H23NO3. The Balaban J connectivity index is 2.28. The number of amides is 1. The molecule has 1 heterocycles. The quantitative estimate of drug-likeness (QED) is 0.873. The highest BCUT2D eigenvalue weighted by Crippen LogP contribution is 2.37. The molecule has 114 valence electrons. The highest BCUT2D eigenvalue weighted by Gasteiger charge is 2.37. The average Bonchev–Trinajstić information content (AvgIpc) is 2.86. The summed E-state index contributed by atoms with van der Waals surface area (Å²) in [6.45, 7) is 4.42. The predicted molar refractivity (Wildman–Crippen MR) is 82.5 cm³/mol. The summed E-state index contributed by atoms with van der Waals surface area (Å²) in [4.78, 5) is 25.9. The Morgan fingerprint density at radius 2 is 1.86 bits per heavy atom. The molecule has 0 bridgehead atoms. The van der Waals surface area contributed by atoms with Gasteiger partial charge < -0.3 is 10.0 Å². The van der Waals surface area contributed by atoms with Gasteiger partial charge in [0.1, 0.15) is 5.92 Å². The predicted octanol–water partition coefficient (Wildman–Crippen LogP) is 3.42. The number of carboxylic acid groups (broad SMARTS) is 1. The third kappa shape index (κ3) is 3.09. The Hall–Kier alpha value is -1.84. The van der Waals surface area contributed by atoms with E-state index in [2.05, 4.69) is 13.8 Å². The van der Waals surface area contributed by atoms with Crippen LogP contribution in [0.2, 0.25) is 0 Å². The SMILES string of the molecule is CCCC(CCC)C(=O)N1CC(C(=O)O)c2ccccc21. The number of hydrogen-bond donors (Lipinski definition) is 1. The van der Waals surface area contributed by atoms with Crippen molar-refractivity contribution in [1.29, 1.82) is 0 Å². The molecule has 0 saturated heterocycles. The van der Waals surface area contributed by atoms with Crippen LogP contribution in [0.3, 0.4) is 0 Å². The largest absolute Gasteiger partial charge is 0.481 e. The summed E-state index contributed by atoms with van der Waals surface area (Å²) < 4.78 is 0. The van der Waals surface area contributed by atoms with Gasteiger partial charge >= 0.3 is 5.97 Å². The van der Waals surface area contributed by atoms with E-state index in [1.807, 2.05) is 24.3 Å². The molecule has 1 aliphatic rings. The highest BCUT2D eigenvalue weighted by atomic mass is 16.4. The van der Waals surface area contributed by atoms with Crippen molar-refractivity contribution in [3.63, 3.8) is 0 Å². The van der Waals surface area contributed by atoms with Crippen LogP contribution < -0.4 is 4.90 Å². The number of para-hydroxylation sites is 1. The molecule has 2 rings (SSSR count). The number of nitrogens with zero attached hydrogens (tertiary/aromatic N) is 1. The maximum atomic E-state index is 12.8. The lowest BCUT2D eigenvalue weighted by Crippen LogP contribution is -2.36. The third-order valence-corrected chi connectivity index (χ3v) is 4.16. The van der Waals surface area contributed by atoms with Gasteiger partial charge in [0, 0.05) is 18.2 Å². The molecule has 1 aromatic rings. The van der Waals surface area contributed by atoms with Crippen LogP contribution in [0.5, 0.6) is 0 Å². The first kappa shape index (κ1) is 15.5. The zero-order valence-electron chi connectivity index (χ0n) is 12.7. The van der Waals surface area contributed by atoms with Crippen molar-refractivity contribution in [2.24, 2.45) is 5.92 Å². The zero-order chi connectivity index (χ0) is 15.4. The van der Waals surface area contributed by atoms with Crippen LogP contribution in [-0.4, -0.2) is 23.5 Å². The van der Waals surface area contributed by atoms with Crippen molar-refractivity contribution in [1.82, 2.24) is 0 Å². The van der Waals surface area contributed by atoms with E-state index < -0.39 is 11.9 Å². The summed E-state index contributed by atoms with van der Waals surface area (Å²) in [7, 11) is 0. The topological polar surface area (TPSA) is 57.6 Å². The molecule has 21 heavy (non-hydrogen) atoms. The minimum atomic E-state index is -0.861. The van der Waals surface area contributed by atoms with E-state index in [1.54, 1.807) is 4.90 Å². The van der Waals surface area contributed by atoms with Crippen LogP contribution in [0.4, 0.5) is 5.69 Å². The van der Waals surface area contributed by atoms with E-state index in [1.165, 1.54) is 0 Å². The van der Waals surface area contributed by atoms with Crippen LogP contribution in [0.15, 0.2) is 24.3 Å². The van der Waals surface area contributed by atoms with Crippen molar-refractivity contribution in [3.8, 4) is 0 Å². The van der Waals surface area contributed by atoms with Gasteiger partial charge in [-0.1, -0.05) is 44.9 Å². The summed E-state index contributed by atoms with van der Waals surface area (Å²) >= 11 is 0. The molecule has 0 radical (unpaired) electrons. The molecule has 1 unspecified atom stereocenters. The number of carboxylic acids is 1. The number of benzene rings is 1. The number of carbonyl (C=O) groups is 2. The second kappa shape index (κ2) is 6.74. The number of rotatable bonds is 6. The normalized spacial score (nSPS) is 17.1. The van der Waals surface area contributed by atoms with Gasteiger partial charge in [-0.3, -0.25) is 9.59 Å². The molecule has 0 aliphatic carbocycles. The molecule has 0 aromatic heterocycles. The second-order valence-corrected chi connectivity index (χ2v) is 5.67. The smallest absolute Gasteiger partial charge is 0.312 e. The first-order valence-corrected chi connectivity index (χ1v) is 7.73. The van der Waals surface area contributed by atoms with E-state index in [-0.39, 0.29) is 18.4 Å². The Labute approximate surface area is 125 Å². The van der Waals surface area contributed by atoms with Crippen molar-refractivity contribution in [3.05, 3.63) is 29.8 Å². The van der Waals surface area contributed by atoms with Gasteiger partial charge in [-0.15, -0.1) is 0 Å². The van der Waals surface area contributed by atoms with Crippen LogP contribution in [-0.2, 0) is 9.59 Å². The molecule has 1 atom stereocenters. The van der Waals surface area contributed by atoms with Crippen molar-refractivity contribution < 1.29 is 14.7 Å². The Bertz CT molecular complexity index is 521. The summed E-state index contributed by atoms with van der Waals surface area (Å²) in [5.41, 5.74) is 1.53. The van der Waals surface area contributed by atoms with Crippen molar-refractivity contribution >= 4 is 17.6 Å². The van der Waals surface area contributed by atoms with Crippen LogP contribution in [0, 0.1) is 5.92 Å². The first-order valence-electron chi connectivity index (χ1n) is 7.73. The third-order valence-electron chi connectivity index (χ3n) is 4.16. The Kier molecular flexibility index (Phi) is 4.99. The van der Waals surface area contributed by atoms with E-state index in [4.69, 9.17) is 0 Å². The lowest BCUT2D eigenvalue weighted by Gasteiger charge is -2.23. The minimum Gasteiger partial charge on any atom is -0.481 e. The molecule has 1 aliphatic heterocycles. The monoisotopic (exact) mass is 289 g/mol. The number of fused-ring (bicyclic) bond motifs is 1.